The maximum atomic E-state index is 14.1. The van der Waals surface area contributed by atoms with E-state index in [9.17, 15) is 13.6 Å². The highest BCUT2D eigenvalue weighted by Crippen LogP contribution is 2.37. The van der Waals surface area contributed by atoms with Crippen LogP contribution in [0.2, 0.25) is 5.02 Å². The molecule has 29 heavy (non-hydrogen) atoms. The third-order valence-electron chi connectivity index (χ3n) is 3.63. The molecule has 0 aromatic heterocycles. The zero-order valence-corrected chi connectivity index (χ0v) is 17.4. The zero-order valence-electron chi connectivity index (χ0n) is 16.7. The summed E-state index contributed by atoms with van der Waals surface area (Å²) in [6.45, 7) is 4.81. The van der Waals surface area contributed by atoms with Crippen molar-refractivity contribution < 1.29 is 32.5 Å². The molecule has 9 heteroatoms. The van der Waals surface area contributed by atoms with Crippen molar-refractivity contribution in [3.8, 4) is 17.2 Å². The molecule has 0 aliphatic carbocycles. The Morgan fingerprint density at radius 2 is 1.72 bits per heavy atom. The van der Waals surface area contributed by atoms with E-state index < -0.39 is 23.3 Å². The van der Waals surface area contributed by atoms with Crippen LogP contribution >= 0.6 is 11.6 Å². The van der Waals surface area contributed by atoms with E-state index in [0.717, 1.165) is 6.07 Å². The number of hydrogen-bond acceptors (Lipinski definition) is 5. The Balaban J connectivity index is 2.29. The molecule has 0 fully saturated rings. The first kappa shape index (κ1) is 22.5. The van der Waals surface area contributed by atoms with Gasteiger partial charge in [0.15, 0.2) is 23.1 Å². The number of anilines is 1. The van der Waals surface area contributed by atoms with Crippen molar-refractivity contribution in [2.24, 2.45) is 0 Å². The Morgan fingerprint density at radius 1 is 1.07 bits per heavy atom. The van der Waals surface area contributed by atoms with E-state index in [0.29, 0.717) is 0 Å². The van der Waals surface area contributed by atoms with Crippen LogP contribution in [-0.4, -0.2) is 25.9 Å². The van der Waals surface area contributed by atoms with Crippen molar-refractivity contribution in [2.45, 2.75) is 33.0 Å². The number of hydrogen-bond donors (Lipinski definition) is 1. The maximum absolute atomic E-state index is 14.1. The highest BCUT2D eigenvalue weighted by molar-refractivity contribution is 6.33. The van der Waals surface area contributed by atoms with Gasteiger partial charge in [-0.05, 0) is 32.9 Å². The van der Waals surface area contributed by atoms with Crippen LogP contribution in [0.15, 0.2) is 24.3 Å². The monoisotopic (exact) mass is 429 g/mol. The van der Waals surface area contributed by atoms with Gasteiger partial charge < -0.3 is 18.9 Å². The summed E-state index contributed by atoms with van der Waals surface area (Å²) in [4.78, 5) is 12.0. The summed E-state index contributed by atoms with van der Waals surface area (Å²) in [6.07, 6.45) is -0.714. The molecule has 0 spiro atoms. The first-order valence-corrected chi connectivity index (χ1v) is 8.94. The molecule has 2 aromatic rings. The Bertz CT molecular complexity index is 899. The van der Waals surface area contributed by atoms with E-state index in [1.807, 2.05) is 0 Å². The lowest BCUT2D eigenvalue weighted by Crippen LogP contribution is -2.27. The minimum Gasteiger partial charge on any atom is -0.496 e. The molecule has 1 amide bonds. The molecule has 0 heterocycles. The van der Waals surface area contributed by atoms with Gasteiger partial charge in [-0.1, -0.05) is 11.6 Å². The van der Waals surface area contributed by atoms with Crippen molar-refractivity contribution in [3.05, 3.63) is 46.5 Å². The third-order valence-corrected chi connectivity index (χ3v) is 3.95. The third kappa shape index (κ3) is 5.87. The molecule has 0 bridgehead atoms. The van der Waals surface area contributed by atoms with Crippen LogP contribution in [-0.2, 0) is 11.3 Å². The summed E-state index contributed by atoms with van der Waals surface area (Å²) in [5.74, 6) is -1.60. The highest BCUT2D eigenvalue weighted by atomic mass is 35.5. The topological polar surface area (TPSA) is 66.0 Å². The van der Waals surface area contributed by atoms with E-state index >= 15 is 0 Å². The van der Waals surface area contributed by atoms with Gasteiger partial charge in [0.25, 0.3) is 0 Å². The second kappa shape index (κ2) is 9.17. The molecule has 6 nitrogen and oxygen atoms in total. The number of methoxy groups -OCH3 is 2. The van der Waals surface area contributed by atoms with Gasteiger partial charge in [0.1, 0.15) is 18.0 Å². The number of benzene rings is 2. The Morgan fingerprint density at radius 3 is 2.31 bits per heavy atom. The van der Waals surface area contributed by atoms with Crippen molar-refractivity contribution >= 4 is 23.4 Å². The van der Waals surface area contributed by atoms with Crippen molar-refractivity contribution in [2.75, 3.05) is 19.5 Å². The predicted molar refractivity (Wildman–Crippen MR) is 105 cm³/mol. The van der Waals surface area contributed by atoms with Crippen LogP contribution in [0, 0.1) is 11.6 Å². The van der Waals surface area contributed by atoms with Crippen LogP contribution in [0.1, 0.15) is 26.3 Å². The number of rotatable bonds is 6. The molecule has 2 aromatic carbocycles. The lowest BCUT2D eigenvalue weighted by molar-refractivity contribution is 0.0636. The average molecular weight is 430 g/mol. The lowest BCUT2D eigenvalue weighted by atomic mass is 10.2. The second-order valence-electron chi connectivity index (χ2n) is 6.94. The van der Waals surface area contributed by atoms with Gasteiger partial charge in [-0.2, -0.15) is 0 Å². The van der Waals surface area contributed by atoms with Crippen molar-refractivity contribution in [3.63, 3.8) is 0 Å². The van der Waals surface area contributed by atoms with Crippen LogP contribution < -0.4 is 19.5 Å². The summed E-state index contributed by atoms with van der Waals surface area (Å²) in [5, 5.41) is 2.69. The normalized spacial score (nSPS) is 11.0. The van der Waals surface area contributed by atoms with Crippen LogP contribution in [0.3, 0.4) is 0 Å². The molecule has 0 unspecified atom stereocenters. The SMILES string of the molecule is COc1cc(Cl)c(NC(=O)OC(C)(C)C)cc1OCc1c(OC)ccc(F)c1F. The number of carbonyl (C=O) groups excluding carboxylic acids is 1. The quantitative estimate of drug-likeness (QED) is 0.651. The summed E-state index contributed by atoms with van der Waals surface area (Å²) < 4.78 is 48.8. The van der Waals surface area contributed by atoms with Gasteiger partial charge >= 0.3 is 6.09 Å². The Hall–Kier alpha value is -2.74. The fraction of sp³-hybridized carbons (Fsp3) is 0.350. The summed E-state index contributed by atoms with van der Waals surface area (Å²) in [6, 6.07) is 5.08. The summed E-state index contributed by atoms with van der Waals surface area (Å²) in [5.41, 5.74) is -0.608. The van der Waals surface area contributed by atoms with E-state index in [4.69, 9.17) is 30.5 Å². The number of halogens is 3. The Labute approximate surface area is 172 Å². The molecule has 0 saturated carbocycles. The van der Waals surface area contributed by atoms with Gasteiger partial charge in [0.2, 0.25) is 0 Å². The van der Waals surface area contributed by atoms with Gasteiger partial charge in [-0.15, -0.1) is 0 Å². The van der Waals surface area contributed by atoms with E-state index in [1.165, 1.54) is 32.4 Å². The average Bonchev–Trinajstić information content (AvgIpc) is 2.63. The van der Waals surface area contributed by atoms with E-state index in [1.54, 1.807) is 20.8 Å². The lowest BCUT2D eigenvalue weighted by Gasteiger charge is -2.20. The largest absolute Gasteiger partial charge is 0.496 e. The molecular weight excluding hydrogens is 408 g/mol. The van der Waals surface area contributed by atoms with Gasteiger partial charge in [0, 0.05) is 12.1 Å². The van der Waals surface area contributed by atoms with Gasteiger partial charge in [-0.25, -0.2) is 13.6 Å². The first-order valence-electron chi connectivity index (χ1n) is 8.57. The van der Waals surface area contributed by atoms with Crippen LogP contribution in [0.4, 0.5) is 19.3 Å². The zero-order chi connectivity index (χ0) is 21.8. The predicted octanol–water partition coefficient (Wildman–Crippen LogP) is 5.56. The Kier molecular flexibility index (Phi) is 7.13. The number of carbonyl (C=O) groups is 1. The minimum absolute atomic E-state index is 0.105. The fourth-order valence-corrected chi connectivity index (χ4v) is 2.57. The van der Waals surface area contributed by atoms with E-state index in [2.05, 4.69) is 5.32 Å². The standard InChI is InChI=1S/C20H22ClF2NO5/c1-20(2,3)29-19(25)24-14-9-17(16(27-5)8-12(14)21)28-10-11-15(26-4)7-6-13(22)18(11)23/h6-9H,10H2,1-5H3,(H,24,25). The molecular formula is C20H22ClF2NO5. The van der Waals surface area contributed by atoms with Gasteiger partial charge in [0.05, 0.1) is 30.5 Å². The fourth-order valence-electron chi connectivity index (χ4n) is 2.37. The summed E-state index contributed by atoms with van der Waals surface area (Å²) in [7, 11) is 2.73. The van der Waals surface area contributed by atoms with Crippen molar-refractivity contribution in [1.82, 2.24) is 0 Å². The first-order chi connectivity index (χ1) is 13.6. The smallest absolute Gasteiger partial charge is 0.412 e. The molecule has 0 radical (unpaired) electrons. The van der Waals surface area contributed by atoms with E-state index in [-0.39, 0.29) is 40.1 Å². The number of amides is 1. The molecule has 0 aliphatic heterocycles. The second-order valence-corrected chi connectivity index (χ2v) is 7.35. The maximum Gasteiger partial charge on any atom is 0.412 e. The van der Waals surface area contributed by atoms with Crippen LogP contribution in [0.25, 0.3) is 0 Å². The number of ether oxygens (including phenoxy) is 4. The molecule has 2 rings (SSSR count). The number of nitrogens with one attached hydrogen (secondary N) is 1. The van der Waals surface area contributed by atoms with Crippen LogP contribution in [0.5, 0.6) is 17.2 Å². The molecule has 0 saturated heterocycles. The highest BCUT2D eigenvalue weighted by Gasteiger charge is 2.20. The van der Waals surface area contributed by atoms with Gasteiger partial charge in [-0.3, -0.25) is 5.32 Å². The summed E-state index contributed by atoms with van der Waals surface area (Å²) >= 11 is 6.17. The molecule has 0 atom stereocenters. The molecule has 158 valence electrons. The molecule has 1 N–H and O–H groups in total. The van der Waals surface area contributed by atoms with Crippen molar-refractivity contribution in [1.29, 1.82) is 0 Å². The molecule has 0 aliphatic rings. The minimum atomic E-state index is -1.08.